The van der Waals surface area contributed by atoms with Crippen LogP contribution in [-0.4, -0.2) is 35.4 Å². The molecule has 1 aliphatic heterocycles. The van der Waals surface area contributed by atoms with Crippen LogP contribution in [0, 0.1) is 17.1 Å². The second-order valence-corrected chi connectivity index (χ2v) is 7.32. The number of nitrogens with two attached hydrogens (primary N) is 1. The third kappa shape index (κ3) is 4.18. The largest absolute Gasteiger partial charge is 0.449 e. The maximum atomic E-state index is 14.7. The molecule has 1 aliphatic rings. The van der Waals surface area contributed by atoms with Gasteiger partial charge in [-0.25, -0.2) is 18.8 Å². The van der Waals surface area contributed by atoms with E-state index in [1.807, 2.05) is 6.07 Å². The second-order valence-electron chi connectivity index (χ2n) is 7.32. The van der Waals surface area contributed by atoms with Gasteiger partial charge in [-0.2, -0.15) is 18.4 Å². The Kier molecular flexibility index (Phi) is 5.78. The van der Waals surface area contributed by atoms with Gasteiger partial charge in [-0.1, -0.05) is 0 Å². The fourth-order valence-corrected chi connectivity index (χ4v) is 3.31. The number of benzene rings is 1. The minimum Gasteiger partial charge on any atom is -0.449 e. The zero-order chi connectivity index (χ0) is 23.7. The number of halogens is 5. The third-order valence-electron chi connectivity index (χ3n) is 4.96. The molecule has 2 atom stereocenters. The molecule has 12 heteroatoms. The number of hydrogen-bond donors (Lipinski definition) is 2. The highest BCUT2D eigenvalue weighted by Crippen LogP contribution is 2.47. The molecule has 32 heavy (non-hydrogen) atoms. The average molecular weight is 453 g/mol. The van der Waals surface area contributed by atoms with Gasteiger partial charge in [0, 0.05) is 23.9 Å². The summed E-state index contributed by atoms with van der Waals surface area (Å²) in [4.78, 5) is 19.9. The predicted molar refractivity (Wildman–Crippen MR) is 103 cm³/mol. The summed E-state index contributed by atoms with van der Waals surface area (Å²) >= 11 is 0. The number of amidine groups is 1. The van der Waals surface area contributed by atoms with Crippen molar-refractivity contribution in [3.05, 3.63) is 59.2 Å². The van der Waals surface area contributed by atoms with Gasteiger partial charge in [0.15, 0.2) is 0 Å². The molecule has 1 amide bonds. The lowest BCUT2D eigenvalue weighted by atomic mass is 9.79. The van der Waals surface area contributed by atoms with Crippen LogP contribution in [0.2, 0.25) is 0 Å². The predicted octanol–water partition coefficient (Wildman–Crippen LogP) is 3.57. The number of alkyl halides is 4. The van der Waals surface area contributed by atoms with Gasteiger partial charge in [0.2, 0.25) is 5.60 Å². The molecule has 7 nitrogen and oxygen atoms in total. The van der Waals surface area contributed by atoms with Crippen LogP contribution in [0.25, 0.3) is 0 Å². The van der Waals surface area contributed by atoms with Crippen LogP contribution in [0.4, 0.5) is 27.6 Å². The van der Waals surface area contributed by atoms with Crippen LogP contribution in [0.3, 0.4) is 0 Å². The Morgan fingerprint density at radius 1 is 1.34 bits per heavy atom. The van der Waals surface area contributed by atoms with Crippen molar-refractivity contribution in [1.82, 2.24) is 4.98 Å². The Morgan fingerprint density at radius 3 is 2.62 bits per heavy atom. The van der Waals surface area contributed by atoms with Gasteiger partial charge >= 0.3 is 6.18 Å². The number of aliphatic imine (C=N–C) groups is 1. The SMILES string of the molecule is C[C@]1(C(F)(F)F)C[C@](CF)(c2cc(NC(=O)c3ccc(C#N)cn3)ccc2F)N=C(N)O1. The number of hydrogen-bond acceptors (Lipinski definition) is 6. The van der Waals surface area contributed by atoms with E-state index in [1.54, 1.807) is 0 Å². The summed E-state index contributed by atoms with van der Waals surface area (Å²) in [5.74, 6) is -1.78. The van der Waals surface area contributed by atoms with E-state index in [1.165, 1.54) is 18.3 Å². The normalized spacial score (nSPS) is 23.0. The summed E-state index contributed by atoms with van der Waals surface area (Å²) in [6.07, 6.45) is -4.86. The smallest absolute Gasteiger partial charge is 0.428 e. The molecule has 0 unspecified atom stereocenters. The van der Waals surface area contributed by atoms with Gasteiger partial charge in [-0.3, -0.25) is 4.79 Å². The van der Waals surface area contributed by atoms with Crippen molar-refractivity contribution < 1.29 is 31.5 Å². The molecule has 2 heterocycles. The standard InChI is InChI=1S/C20H16F5N5O2/c1-18(20(23,24)25)9-19(10-21,30-17(27)32-18)13-6-12(3-4-14(13)22)29-16(31)15-5-2-11(7-26)8-28-15/h2-6,8H,9-10H2,1H3,(H2,27,30)(H,29,31)/t18-,19+/m1/s1. The summed E-state index contributed by atoms with van der Waals surface area (Å²) in [6.45, 7) is -0.840. The van der Waals surface area contributed by atoms with Gasteiger partial charge in [0.05, 0.1) is 5.56 Å². The number of nitrogens with zero attached hydrogens (tertiary/aromatic N) is 3. The topological polar surface area (TPSA) is 113 Å². The number of aromatic nitrogens is 1. The Bertz CT molecular complexity index is 1110. The van der Waals surface area contributed by atoms with E-state index in [0.29, 0.717) is 6.92 Å². The number of anilines is 1. The summed E-state index contributed by atoms with van der Waals surface area (Å²) in [5, 5.41) is 11.2. The van der Waals surface area contributed by atoms with Crippen molar-refractivity contribution in [2.45, 2.75) is 30.7 Å². The summed E-state index contributed by atoms with van der Waals surface area (Å²) in [5.41, 5.74) is -0.274. The van der Waals surface area contributed by atoms with E-state index in [2.05, 4.69) is 20.0 Å². The molecule has 0 fully saturated rings. The number of nitriles is 1. The number of carbonyl (C=O) groups is 1. The van der Waals surface area contributed by atoms with Crippen LogP contribution in [0.1, 0.15) is 35.0 Å². The minimum absolute atomic E-state index is 0.0423. The van der Waals surface area contributed by atoms with Crippen molar-refractivity contribution >= 4 is 17.6 Å². The second kappa shape index (κ2) is 8.07. The Morgan fingerprint density at radius 2 is 2.06 bits per heavy atom. The number of carbonyl (C=O) groups excluding carboxylic acids is 1. The molecule has 0 radical (unpaired) electrons. The van der Waals surface area contributed by atoms with Crippen LogP contribution in [0.15, 0.2) is 41.5 Å². The molecular formula is C20H16F5N5O2. The molecule has 0 aliphatic carbocycles. The fourth-order valence-electron chi connectivity index (χ4n) is 3.31. The quantitative estimate of drug-likeness (QED) is 0.688. The molecule has 2 aromatic rings. The zero-order valence-corrected chi connectivity index (χ0v) is 16.5. The molecule has 1 aromatic heterocycles. The van der Waals surface area contributed by atoms with Crippen LogP contribution in [0.5, 0.6) is 0 Å². The van der Waals surface area contributed by atoms with E-state index < -0.39 is 53.7 Å². The first kappa shape index (κ1) is 22.9. The van der Waals surface area contributed by atoms with Gasteiger partial charge in [-0.15, -0.1) is 0 Å². The maximum absolute atomic E-state index is 14.7. The van der Waals surface area contributed by atoms with Crippen LogP contribution in [-0.2, 0) is 10.3 Å². The highest BCUT2D eigenvalue weighted by atomic mass is 19.4. The molecule has 3 rings (SSSR count). The van der Waals surface area contributed by atoms with E-state index in [9.17, 15) is 26.7 Å². The maximum Gasteiger partial charge on any atom is 0.428 e. The van der Waals surface area contributed by atoms with Crippen molar-refractivity contribution in [1.29, 1.82) is 5.26 Å². The van der Waals surface area contributed by atoms with Crippen LogP contribution < -0.4 is 11.1 Å². The lowest BCUT2D eigenvalue weighted by Crippen LogP contribution is -2.56. The number of rotatable bonds is 4. The highest BCUT2D eigenvalue weighted by molar-refractivity contribution is 6.02. The van der Waals surface area contributed by atoms with Gasteiger partial charge in [0.1, 0.15) is 29.8 Å². The number of ether oxygens (including phenoxy) is 1. The molecule has 1 aromatic carbocycles. The van der Waals surface area contributed by atoms with E-state index in [4.69, 9.17) is 11.0 Å². The van der Waals surface area contributed by atoms with Crippen LogP contribution >= 0.6 is 0 Å². The monoisotopic (exact) mass is 453 g/mol. The molecule has 0 saturated heterocycles. The van der Waals surface area contributed by atoms with Crippen molar-refractivity contribution in [3.63, 3.8) is 0 Å². The molecular weight excluding hydrogens is 437 g/mol. The fraction of sp³-hybridized carbons (Fsp3) is 0.300. The first-order valence-corrected chi connectivity index (χ1v) is 9.07. The van der Waals surface area contributed by atoms with Crippen molar-refractivity contribution in [2.24, 2.45) is 10.7 Å². The van der Waals surface area contributed by atoms with Gasteiger partial charge < -0.3 is 15.8 Å². The minimum atomic E-state index is -4.95. The third-order valence-corrected chi connectivity index (χ3v) is 4.96. The lowest BCUT2D eigenvalue weighted by molar-refractivity contribution is -0.258. The Balaban J connectivity index is 1.98. The summed E-state index contributed by atoms with van der Waals surface area (Å²) in [7, 11) is 0. The lowest BCUT2D eigenvalue weighted by Gasteiger charge is -2.42. The van der Waals surface area contributed by atoms with E-state index in [-0.39, 0.29) is 16.9 Å². The van der Waals surface area contributed by atoms with Crippen molar-refractivity contribution in [3.8, 4) is 6.07 Å². The summed E-state index contributed by atoms with van der Waals surface area (Å²) < 4.78 is 74.1. The van der Waals surface area contributed by atoms with Crippen molar-refractivity contribution in [2.75, 3.05) is 12.0 Å². The van der Waals surface area contributed by atoms with Gasteiger partial charge in [-0.05, 0) is 37.3 Å². The average Bonchev–Trinajstić information content (AvgIpc) is 2.73. The Labute approximate surface area is 178 Å². The molecule has 0 spiro atoms. The Hall–Kier alpha value is -3.75. The molecule has 3 N–H and O–H groups in total. The summed E-state index contributed by atoms with van der Waals surface area (Å²) in [6, 6.07) is 6.52. The first-order valence-electron chi connectivity index (χ1n) is 9.07. The highest BCUT2D eigenvalue weighted by Gasteiger charge is 2.61. The molecule has 0 saturated carbocycles. The molecule has 168 valence electrons. The number of pyridine rings is 1. The number of nitrogens with one attached hydrogen (secondary N) is 1. The zero-order valence-electron chi connectivity index (χ0n) is 16.5. The number of amides is 1. The van der Waals surface area contributed by atoms with E-state index >= 15 is 0 Å². The first-order chi connectivity index (χ1) is 14.9. The molecule has 0 bridgehead atoms. The van der Waals surface area contributed by atoms with E-state index in [0.717, 1.165) is 18.2 Å². The van der Waals surface area contributed by atoms with Gasteiger partial charge in [0.25, 0.3) is 11.9 Å².